The van der Waals surface area contributed by atoms with E-state index in [1.54, 1.807) is 10.6 Å². The first-order valence-corrected chi connectivity index (χ1v) is 15.7. The van der Waals surface area contributed by atoms with E-state index < -0.39 is 0 Å². The number of nitrogens with one attached hydrogen (secondary N) is 3. The van der Waals surface area contributed by atoms with E-state index in [1.165, 1.54) is 11.0 Å². The lowest BCUT2D eigenvalue weighted by atomic mass is 10.0. The Morgan fingerprint density at radius 1 is 1.16 bits per heavy atom. The number of imide groups is 1. The van der Waals surface area contributed by atoms with Gasteiger partial charge in [-0.2, -0.15) is 19.6 Å². The molecule has 5 rings (SSSR count). The molecule has 1 aromatic carbocycles. The van der Waals surface area contributed by atoms with Crippen molar-refractivity contribution >= 4 is 35.0 Å². The molecule has 0 saturated carbocycles. The lowest BCUT2D eigenvalue weighted by molar-refractivity contribution is -0.126. The fourth-order valence-electron chi connectivity index (χ4n) is 5.51. The van der Waals surface area contributed by atoms with E-state index in [1.807, 2.05) is 49.5 Å². The lowest BCUT2D eigenvalue weighted by Crippen LogP contribution is -2.50. The van der Waals surface area contributed by atoms with Gasteiger partial charge in [-0.3, -0.25) is 9.59 Å². The predicted octanol–water partition coefficient (Wildman–Crippen LogP) is 3.57. The Kier molecular flexibility index (Phi) is 10.6. The number of fused-ring (bicyclic) bond motifs is 1. The third kappa shape index (κ3) is 7.79. The van der Waals surface area contributed by atoms with Crippen molar-refractivity contribution in [3.05, 3.63) is 53.7 Å². The smallest absolute Gasteiger partial charge is 0.257 e. The van der Waals surface area contributed by atoms with Crippen LogP contribution in [0.25, 0.3) is 5.65 Å². The van der Waals surface area contributed by atoms with Crippen molar-refractivity contribution < 1.29 is 14.3 Å². The van der Waals surface area contributed by atoms with Crippen LogP contribution in [0.15, 0.2) is 42.6 Å². The Morgan fingerprint density at radius 2 is 1.98 bits per heavy atom. The normalized spacial score (nSPS) is 17.9. The highest BCUT2D eigenvalue weighted by atomic mass is 16.5. The van der Waals surface area contributed by atoms with Crippen LogP contribution in [0.1, 0.15) is 63.0 Å². The molecular formula is C32H45N9O3. The summed E-state index contributed by atoms with van der Waals surface area (Å²) in [5.41, 5.74) is 3.23. The SMILES string of the molecule is CC(C)c1cnn2c(NCc3cccc(N(C(=O)C=CCN(C)C)C(=O)C4CCCCN4)c3)nc(NC3CCOCC3)nc12. The quantitative estimate of drug-likeness (QED) is 0.280. The van der Waals surface area contributed by atoms with Gasteiger partial charge in [-0.25, -0.2) is 4.90 Å². The number of aromatic nitrogens is 4. The van der Waals surface area contributed by atoms with Crippen LogP contribution >= 0.6 is 0 Å². The van der Waals surface area contributed by atoms with Gasteiger partial charge >= 0.3 is 0 Å². The number of carbonyl (C=O) groups excluding carboxylic acids is 2. The van der Waals surface area contributed by atoms with Gasteiger partial charge in [-0.1, -0.05) is 38.5 Å². The molecule has 0 aliphatic carbocycles. The van der Waals surface area contributed by atoms with Crippen molar-refractivity contribution in [2.24, 2.45) is 0 Å². The maximum absolute atomic E-state index is 13.7. The second-order valence-corrected chi connectivity index (χ2v) is 12.1. The molecule has 2 fully saturated rings. The minimum Gasteiger partial charge on any atom is -0.381 e. The molecule has 3 N–H and O–H groups in total. The molecule has 44 heavy (non-hydrogen) atoms. The highest BCUT2D eigenvalue weighted by Gasteiger charge is 2.30. The van der Waals surface area contributed by atoms with Crippen LogP contribution in [0.4, 0.5) is 17.6 Å². The summed E-state index contributed by atoms with van der Waals surface area (Å²) in [6.45, 7) is 7.45. The van der Waals surface area contributed by atoms with Crippen molar-refractivity contribution in [2.75, 3.05) is 55.9 Å². The van der Waals surface area contributed by atoms with Crippen molar-refractivity contribution in [1.82, 2.24) is 29.8 Å². The number of likely N-dealkylation sites (N-methyl/N-ethyl adjacent to an activating group) is 1. The van der Waals surface area contributed by atoms with Crippen LogP contribution in [0.5, 0.6) is 0 Å². The Bertz CT molecular complexity index is 1460. The number of carbonyl (C=O) groups is 2. The van der Waals surface area contributed by atoms with E-state index in [9.17, 15) is 9.59 Å². The Morgan fingerprint density at radius 3 is 2.70 bits per heavy atom. The topological polar surface area (TPSA) is 129 Å². The standard InChI is InChI=1S/C32H45N9O3/c1-22(2)26-21-35-41-29(26)37-31(36-24-13-17-44-18-14-24)38-32(41)34-20-23-9-7-10-25(19-23)40(28(42)12-8-16-39(3)4)30(43)27-11-5-6-15-33-27/h7-10,12,19,21-22,24,27,33H,5-6,11,13-18,20H2,1-4H3,(H2,34,36,37,38). The first kappa shape index (κ1) is 31.6. The first-order valence-electron chi connectivity index (χ1n) is 15.7. The molecule has 2 aliphatic heterocycles. The zero-order chi connectivity index (χ0) is 31.1. The molecule has 1 unspecified atom stereocenters. The molecule has 12 heteroatoms. The molecule has 2 saturated heterocycles. The molecule has 0 radical (unpaired) electrons. The molecule has 2 aromatic heterocycles. The summed E-state index contributed by atoms with van der Waals surface area (Å²) in [7, 11) is 3.87. The number of amides is 2. The summed E-state index contributed by atoms with van der Waals surface area (Å²) >= 11 is 0. The van der Waals surface area contributed by atoms with Crippen molar-refractivity contribution in [3.8, 4) is 0 Å². The molecule has 3 aromatic rings. The largest absolute Gasteiger partial charge is 0.381 e. The van der Waals surface area contributed by atoms with Gasteiger partial charge in [-0.05, 0) is 69.9 Å². The van der Waals surface area contributed by atoms with E-state index >= 15 is 0 Å². The molecular weight excluding hydrogens is 558 g/mol. The van der Waals surface area contributed by atoms with Gasteiger partial charge in [0.15, 0.2) is 5.65 Å². The maximum atomic E-state index is 13.7. The summed E-state index contributed by atoms with van der Waals surface area (Å²) in [4.78, 5) is 40.0. The third-order valence-corrected chi connectivity index (χ3v) is 7.97. The van der Waals surface area contributed by atoms with E-state index in [-0.39, 0.29) is 29.8 Å². The molecule has 0 bridgehead atoms. The Labute approximate surface area is 259 Å². The van der Waals surface area contributed by atoms with Gasteiger partial charge in [0.2, 0.25) is 11.9 Å². The molecule has 2 aliphatic rings. The molecule has 2 amide bonds. The average Bonchev–Trinajstić information content (AvgIpc) is 3.45. The number of hydrogen-bond donors (Lipinski definition) is 3. The van der Waals surface area contributed by atoms with E-state index in [4.69, 9.17) is 14.7 Å². The Balaban J connectivity index is 1.40. The number of anilines is 3. The van der Waals surface area contributed by atoms with Gasteiger partial charge in [0, 0.05) is 44.0 Å². The summed E-state index contributed by atoms with van der Waals surface area (Å²) in [5.74, 6) is 0.773. The van der Waals surface area contributed by atoms with Crippen molar-refractivity contribution in [1.29, 1.82) is 0 Å². The van der Waals surface area contributed by atoms with E-state index in [0.29, 0.717) is 37.1 Å². The second-order valence-electron chi connectivity index (χ2n) is 12.1. The van der Waals surface area contributed by atoms with Crippen LogP contribution in [0.2, 0.25) is 0 Å². The number of rotatable bonds is 11. The fourth-order valence-corrected chi connectivity index (χ4v) is 5.51. The lowest BCUT2D eigenvalue weighted by Gasteiger charge is -2.28. The zero-order valence-corrected chi connectivity index (χ0v) is 26.3. The number of nitrogens with zero attached hydrogens (tertiary/aromatic N) is 6. The molecule has 0 spiro atoms. The summed E-state index contributed by atoms with van der Waals surface area (Å²) < 4.78 is 7.25. The van der Waals surface area contributed by atoms with E-state index in [2.05, 4.69) is 34.9 Å². The fraction of sp³-hybridized carbons (Fsp3) is 0.531. The van der Waals surface area contributed by atoms with Gasteiger partial charge in [-0.15, -0.1) is 0 Å². The Hall–Kier alpha value is -3.87. The van der Waals surface area contributed by atoms with Gasteiger partial charge in [0.1, 0.15) is 0 Å². The first-order chi connectivity index (χ1) is 21.3. The van der Waals surface area contributed by atoms with Crippen LogP contribution in [0.3, 0.4) is 0 Å². The molecule has 4 heterocycles. The highest BCUT2D eigenvalue weighted by molar-refractivity contribution is 6.20. The molecule has 236 valence electrons. The van der Waals surface area contributed by atoms with Crippen LogP contribution in [-0.4, -0.2) is 88.8 Å². The van der Waals surface area contributed by atoms with E-state index in [0.717, 1.165) is 62.2 Å². The zero-order valence-electron chi connectivity index (χ0n) is 26.3. The number of benzene rings is 1. The van der Waals surface area contributed by atoms with Crippen molar-refractivity contribution in [2.45, 2.75) is 70.5 Å². The van der Waals surface area contributed by atoms with Gasteiger partial charge < -0.3 is 25.6 Å². The van der Waals surface area contributed by atoms with Crippen LogP contribution in [0, 0.1) is 0 Å². The number of hydrogen-bond acceptors (Lipinski definition) is 10. The monoisotopic (exact) mass is 603 g/mol. The van der Waals surface area contributed by atoms with Crippen LogP contribution < -0.4 is 20.9 Å². The molecule has 1 atom stereocenters. The predicted molar refractivity (Wildman–Crippen MR) is 172 cm³/mol. The number of ether oxygens (including phenoxy) is 1. The molecule has 12 nitrogen and oxygen atoms in total. The summed E-state index contributed by atoms with van der Waals surface area (Å²) in [6, 6.07) is 7.38. The summed E-state index contributed by atoms with van der Waals surface area (Å²) in [5, 5.41) is 14.8. The second kappa shape index (κ2) is 14.7. The summed E-state index contributed by atoms with van der Waals surface area (Å²) in [6.07, 6.45) is 9.60. The number of piperidine rings is 1. The minimum atomic E-state index is -0.386. The van der Waals surface area contributed by atoms with Gasteiger partial charge in [0.05, 0.1) is 17.9 Å². The maximum Gasteiger partial charge on any atom is 0.257 e. The highest BCUT2D eigenvalue weighted by Crippen LogP contribution is 2.25. The minimum absolute atomic E-state index is 0.228. The average molecular weight is 604 g/mol. The van der Waals surface area contributed by atoms with Crippen LogP contribution in [-0.2, 0) is 20.9 Å². The van der Waals surface area contributed by atoms with Crippen molar-refractivity contribution in [3.63, 3.8) is 0 Å². The van der Waals surface area contributed by atoms with Gasteiger partial charge in [0.25, 0.3) is 11.8 Å². The third-order valence-electron chi connectivity index (χ3n) is 7.97.